The topological polar surface area (TPSA) is 160 Å². The third-order valence-corrected chi connectivity index (χ3v) is 4.94. The molecule has 0 heterocycles. The summed E-state index contributed by atoms with van der Waals surface area (Å²) in [4.78, 5) is 33.3. The van der Waals surface area contributed by atoms with E-state index in [2.05, 4.69) is 10.6 Å². The van der Waals surface area contributed by atoms with Gasteiger partial charge in [0.05, 0.1) is 79.1 Å². The van der Waals surface area contributed by atoms with Gasteiger partial charge < -0.3 is 48.9 Å². The second kappa shape index (κ2) is 26.4. The molecule has 0 saturated carbocycles. The highest BCUT2D eigenvalue weighted by atomic mass is 16.6. The van der Waals surface area contributed by atoms with Crippen LogP contribution in [-0.4, -0.2) is 115 Å². The van der Waals surface area contributed by atoms with E-state index >= 15 is 0 Å². The Morgan fingerprint density at radius 3 is 1.62 bits per heavy atom. The molecule has 2 amide bonds. The fraction of sp³-hybridized carbons (Fsp3) is 0.667. The molecule has 1 rings (SSSR count). The molecule has 1 aromatic rings. The number of aliphatic carboxylic acids is 1. The molecule has 3 N–H and O–H groups in total. The Morgan fingerprint density at radius 1 is 0.600 bits per heavy atom. The molecule has 0 aliphatic carbocycles. The van der Waals surface area contributed by atoms with Crippen molar-refractivity contribution in [1.82, 2.24) is 10.6 Å². The van der Waals surface area contributed by atoms with Crippen molar-refractivity contribution in [2.45, 2.75) is 25.9 Å². The molecule has 0 radical (unpaired) electrons. The maximum Gasteiger partial charge on any atom is 0.407 e. The molecular weight excluding hydrogens is 528 g/mol. The molecule has 0 aliphatic rings. The van der Waals surface area contributed by atoms with E-state index in [1.807, 2.05) is 30.3 Å². The van der Waals surface area contributed by atoms with Crippen molar-refractivity contribution in [1.29, 1.82) is 0 Å². The minimum atomic E-state index is -0.985. The molecule has 0 saturated heterocycles. The first-order valence-corrected chi connectivity index (χ1v) is 13.5. The summed E-state index contributed by atoms with van der Waals surface area (Å²) in [5.74, 6) is -1.26. The van der Waals surface area contributed by atoms with Gasteiger partial charge in [-0.1, -0.05) is 30.3 Å². The number of nitrogens with one attached hydrogen (secondary N) is 2. The number of hydrogen-bond acceptors (Lipinski definition) is 10. The Labute approximate surface area is 235 Å². The lowest BCUT2D eigenvalue weighted by molar-refractivity contribution is -0.138. The zero-order chi connectivity index (χ0) is 28.9. The molecule has 1 aromatic carbocycles. The van der Waals surface area contributed by atoms with Gasteiger partial charge >= 0.3 is 12.1 Å². The lowest BCUT2D eigenvalue weighted by Crippen LogP contribution is -2.28. The number of rotatable bonds is 27. The van der Waals surface area contributed by atoms with Crippen LogP contribution >= 0.6 is 0 Å². The van der Waals surface area contributed by atoms with Crippen LogP contribution in [0.3, 0.4) is 0 Å². The average molecular weight is 573 g/mol. The molecule has 40 heavy (non-hydrogen) atoms. The first-order chi connectivity index (χ1) is 19.6. The Hall–Kier alpha value is -2.81. The molecule has 0 aliphatic heterocycles. The van der Waals surface area contributed by atoms with E-state index in [0.29, 0.717) is 98.8 Å². The van der Waals surface area contributed by atoms with Gasteiger partial charge in [0.25, 0.3) is 0 Å². The Bertz CT molecular complexity index is 768. The van der Waals surface area contributed by atoms with Crippen molar-refractivity contribution in [3.05, 3.63) is 35.9 Å². The molecule has 0 aromatic heterocycles. The largest absolute Gasteiger partial charge is 0.481 e. The van der Waals surface area contributed by atoms with Crippen molar-refractivity contribution in [2.75, 3.05) is 92.4 Å². The van der Waals surface area contributed by atoms with Crippen LogP contribution in [0, 0.1) is 0 Å². The van der Waals surface area contributed by atoms with Crippen LogP contribution in [-0.2, 0) is 49.4 Å². The molecule has 13 nitrogen and oxygen atoms in total. The maximum absolute atomic E-state index is 11.6. The minimum Gasteiger partial charge on any atom is -0.481 e. The SMILES string of the molecule is O=C(O)CCC(=O)NCCCOCCOCCOCCOCCOCCOCCNC(=O)OCc1ccccc1. The summed E-state index contributed by atoms with van der Waals surface area (Å²) >= 11 is 0. The van der Waals surface area contributed by atoms with Crippen LogP contribution < -0.4 is 10.6 Å². The second-order valence-electron chi connectivity index (χ2n) is 8.26. The highest BCUT2D eigenvalue weighted by Crippen LogP contribution is 2.00. The molecule has 228 valence electrons. The number of ether oxygens (including phenoxy) is 7. The number of carbonyl (C=O) groups is 3. The summed E-state index contributed by atoms with van der Waals surface area (Å²) in [6.45, 7) is 6.38. The van der Waals surface area contributed by atoms with E-state index in [1.165, 1.54) is 0 Å². The van der Waals surface area contributed by atoms with Crippen molar-refractivity contribution in [3.63, 3.8) is 0 Å². The summed E-state index contributed by atoms with van der Waals surface area (Å²) in [5, 5.41) is 13.8. The van der Waals surface area contributed by atoms with E-state index in [9.17, 15) is 14.4 Å². The van der Waals surface area contributed by atoms with Crippen molar-refractivity contribution >= 4 is 18.0 Å². The number of carboxylic acids is 1. The normalized spacial score (nSPS) is 10.8. The van der Waals surface area contributed by atoms with Gasteiger partial charge in [-0.3, -0.25) is 9.59 Å². The van der Waals surface area contributed by atoms with Gasteiger partial charge in [0, 0.05) is 26.1 Å². The fourth-order valence-corrected chi connectivity index (χ4v) is 2.91. The number of carbonyl (C=O) groups excluding carboxylic acids is 2. The second-order valence-corrected chi connectivity index (χ2v) is 8.26. The predicted octanol–water partition coefficient (Wildman–Crippen LogP) is 1.38. The van der Waals surface area contributed by atoms with E-state index in [-0.39, 0.29) is 25.4 Å². The highest BCUT2D eigenvalue weighted by molar-refractivity contribution is 5.80. The lowest BCUT2D eigenvalue weighted by Gasteiger charge is -2.09. The number of carboxylic acid groups (broad SMARTS) is 1. The molecule has 0 spiro atoms. The number of alkyl carbamates (subject to hydrolysis) is 1. The van der Waals surface area contributed by atoms with Gasteiger partial charge in [0.15, 0.2) is 0 Å². The molecule has 13 heteroatoms. The quantitative estimate of drug-likeness (QED) is 0.131. The Kier molecular flexibility index (Phi) is 23.3. The van der Waals surface area contributed by atoms with E-state index in [1.54, 1.807) is 0 Å². The van der Waals surface area contributed by atoms with Gasteiger partial charge in [0.2, 0.25) is 5.91 Å². The first kappa shape index (κ1) is 35.2. The van der Waals surface area contributed by atoms with Crippen molar-refractivity contribution in [2.24, 2.45) is 0 Å². The number of benzene rings is 1. The van der Waals surface area contributed by atoms with E-state index in [4.69, 9.17) is 38.3 Å². The first-order valence-electron chi connectivity index (χ1n) is 13.5. The summed E-state index contributed by atoms with van der Waals surface area (Å²) in [6.07, 6.45) is -0.00916. The van der Waals surface area contributed by atoms with Crippen LogP contribution in [0.1, 0.15) is 24.8 Å². The minimum absolute atomic E-state index is 0.0125. The third kappa shape index (κ3) is 24.2. The smallest absolute Gasteiger partial charge is 0.407 e. The van der Waals surface area contributed by atoms with Gasteiger partial charge in [0.1, 0.15) is 6.61 Å². The molecular formula is C27H44N2O11. The van der Waals surface area contributed by atoms with Gasteiger partial charge in [-0.2, -0.15) is 0 Å². The number of amides is 2. The van der Waals surface area contributed by atoms with Crippen molar-refractivity contribution in [3.8, 4) is 0 Å². The Morgan fingerprint density at radius 2 is 1.10 bits per heavy atom. The summed E-state index contributed by atoms with van der Waals surface area (Å²) in [5.41, 5.74) is 0.930. The zero-order valence-electron chi connectivity index (χ0n) is 23.1. The summed E-state index contributed by atoms with van der Waals surface area (Å²) in [7, 11) is 0. The van der Waals surface area contributed by atoms with Crippen LogP contribution in [0.5, 0.6) is 0 Å². The van der Waals surface area contributed by atoms with Crippen LogP contribution in [0.4, 0.5) is 4.79 Å². The molecule has 0 unspecified atom stereocenters. The molecule has 0 bridgehead atoms. The van der Waals surface area contributed by atoms with Gasteiger partial charge in [-0.25, -0.2) is 4.79 Å². The highest BCUT2D eigenvalue weighted by Gasteiger charge is 2.04. The average Bonchev–Trinajstić information content (AvgIpc) is 2.95. The van der Waals surface area contributed by atoms with E-state index in [0.717, 1.165) is 5.56 Å². The van der Waals surface area contributed by atoms with Crippen LogP contribution in [0.15, 0.2) is 30.3 Å². The Balaban J connectivity index is 1.69. The van der Waals surface area contributed by atoms with E-state index < -0.39 is 12.1 Å². The van der Waals surface area contributed by atoms with Crippen LogP contribution in [0.25, 0.3) is 0 Å². The van der Waals surface area contributed by atoms with Crippen molar-refractivity contribution < 1.29 is 52.6 Å². The number of hydrogen-bond donors (Lipinski definition) is 3. The lowest BCUT2D eigenvalue weighted by atomic mass is 10.2. The zero-order valence-corrected chi connectivity index (χ0v) is 23.1. The third-order valence-electron chi connectivity index (χ3n) is 4.94. The summed E-state index contributed by atoms with van der Waals surface area (Å²) < 4.78 is 37.6. The maximum atomic E-state index is 11.6. The van der Waals surface area contributed by atoms with Gasteiger partial charge in [-0.15, -0.1) is 0 Å². The van der Waals surface area contributed by atoms with Crippen LogP contribution in [0.2, 0.25) is 0 Å². The fourth-order valence-electron chi connectivity index (χ4n) is 2.91. The molecule has 0 atom stereocenters. The molecule has 0 fully saturated rings. The predicted molar refractivity (Wildman–Crippen MR) is 144 cm³/mol. The van der Waals surface area contributed by atoms with Gasteiger partial charge in [-0.05, 0) is 12.0 Å². The standard InChI is InChI=1S/C27H44N2O11/c30-25(7-8-26(31)32)28-9-4-11-34-13-15-36-17-19-38-21-22-39-20-18-37-16-14-35-12-10-29-27(33)40-23-24-5-2-1-3-6-24/h1-3,5-6H,4,7-23H2,(H,28,30)(H,29,33)(H,31,32). The monoisotopic (exact) mass is 572 g/mol. The summed E-state index contributed by atoms with van der Waals surface area (Å²) in [6, 6.07) is 9.47.